The van der Waals surface area contributed by atoms with Gasteiger partial charge in [-0.15, -0.1) is 5.10 Å². The molecule has 8 heteroatoms. The Kier molecular flexibility index (Phi) is 4.51. The first kappa shape index (κ1) is 13.8. The van der Waals surface area contributed by atoms with E-state index in [1.165, 1.54) is 28.9 Å². The van der Waals surface area contributed by atoms with Crippen molar-refractivity contribution in [1.29, 1.82) is 0 Å². The van der Waals surface area contributed by atoms with E-state index in [2.05, 4.69) is 20.4 Å². The molecule has 1 atom stereocenters. The molecule has 0 spiro atoms. The average molecular weight is 296 g/mol. The fraction of sp³-hybridized carbons (Fsp3) is 0.833. The first-order valence-corrected chi connectivity index (χ1v) is 8.29. The molecule has 0 aliphatic carbocycles. The van der Waals surface area contributed by atoms with Gasteiger partial charge in [0.25, 0.3) is 0 Å². The predicted octanol–water partition coefficient (Wildman–Crippen LogP) is -0.287. The topological polar surface area (TPSA) is 67.2 Å². The quantitative estimate of drug-likeness (QED) is 0.764. The summed E-state index contributed by atoms with van der Waals surface area (Å²) in [5, 5.41) is 10.9. The normalized spacial score (nSPS) is 24.8. The zero-order valence-electron chi connectivity index (χ0n) is 11.5. The van der Waals surface area contributed by atoms with Crippen molar-refractivity contribution in [2.45, 2.75) is 25.4 Å². The van der Waals surface area contributed by atoms with Crippen LogP contribution in [0.4, 0.5) is 0 Å². The van der Waals surface area contributed by atoms with Gasteiger partial charge in [-0.1, -0.05) is 0 Å². The maximum absolute atomic E-state index is 12.2. The zero-order chi connectivity index (χ0) is 13.8. The molecule has 1 aromatic heterocycles. The van der Waals surface area contributed by atoms with E-state index in [0.29, 0.717) is 0 Å². The molecular weight excluding hydrogens is 276 g/mol. The highest BCUT2D eigenvalue weighted by molar-refractivity contribution is 7.99. The molecule has 2 aliphatic rings. The second-order valence-electron chi connectivity index (χ2n) is 5.30. The van der Waals surface area contributed by atoms with E-state index < -0.39 is 0 Å². The van der Waals surface area contributed by atoms with Crippen LogP contribution in [0.3, 0.4) is 0 Å². The van der Waals surface area contributed by atoms with Gasteiger partial charge in [0.1, 0.15) is 12.9 Å². The highest BCUT2D eigenvalue weighted by Crippen LogP contribution is 2.23. The number of hydrogen-bond donors (Lipinski definition) is 0. The standard InChI is InChI=1S/C12H20N6OS/c19-12(8-18-10-13-14-15-18)17-4-1-3-16(5-6-17)11-2-7-20-9-11/h10-11H,1-9H2. The van der Waals surface area contributed by atoms with Gasteiger partial charge in [0, 0.05) is 38.0 Å². The third-order valence-electron chi connectivity index (χ3n) is 3.99. The van der Waals surface area contributed by atoms with Crippen LogP contribution in [-0.2, 0) is 11.3 Å². The Bertz CT molecular complexity index is 433. The number of aromatic nitrogens is 4. The Balaban J connectivity index is 1.52. The molecule has 1 amide bonds. The molecule has 20 heavy (non-hydrogen) atoms. The Labute approximate surface area is 122 Å². The van der Waals surface area contributed by atoms with E-state index in [-0.39, 0.29) is 12.5 Å². The van der Waals surface area contributed by atoms with Gasteiger partial charge < -0.3 is 4.90 Å². The summed E-state index contributed by atoms with van der Waals surface area (Å²) < 4.78 is 1.48. The minimum Gasteiger partial charge on any atom is -0.340 e. The minimum absolute atomic E-state index is 0.111. The van der Waals surface area contributed by atoms with E-state index in [9.17, 15) is 4.79 Å². The average Bonchev–Trinajstić information content (AvgIpc) is 3.09. The van der Waals surface area contributed by atoms with Crippen LogP contribution in [0.15, 0.2) is 6.33 Å². The zero-order valence-corrected chi connectivity index (χ0v) is 12.3. The SMILES string of the molecule is O=C(Cn1cnnn1)N1CCCN(C2CCSC2)CC1. The number of carbonyl (C=O) groups is 1. The first-order chi connectivity index (χ1) is 9.83. The molecule has 0 aromatic carbocycles. The number of nitrogens with zero attached hydrogens (tertiary/aromatic N) is 6. The van der Waals surface area contributed by atoms with Crippen LogP contribution in [0, 0.1) is 0 Å². The summed E-state index contributed by atoms with van der Waals surface area (Å²) in [6, 6.07) is 0.717. The van der Waals surface area contributed by atoms with Crippen LogP contribution in [0.25, 0.3) is 0 Å². The maximum Gasteiger partial charge on any atom is 0.244 e. The molecule has 3 heterocycles. The van der Waals surface area contributed by atoms with Gasteiger partial charge in [-0.05, 0) is 29.0 Å². The molecule has 0 bridgehead atoms. The van der Waals surface area contributed by atoms with E-state index in [1.807, 2.05) is 16.7 Å². The molecule has 7 nitrogen and oxygen atoms in total. The van der Waals surface area contributed by atoms with E-state index in [1.54, 1.807) is 0 Å². The van der Waals surface area contributed by atoms with Crippen LogP contribution in [0.1, 0.15) is 12.8 Å². The van der Waals surface area contributed by atoms with Crippen molar-refractivity contribution in [2.75, 3.05) is 37.7 Å². The molecule has 1 aromatic rings. The fourth-order valence-electron chi connectivity index (χ4n) is 2.85. The summed E-state index contributed by atoms with van der Waals surface area (Å²) >= 11 is 2.04. The number of thioether (sulfide) groups is 1. The summed E-state index contributed by atoms with van der Waals surface area (Å²) in [5.41, 5.74) is 0. The number of carbonyl (C=O) groups excluding carboxylic acids is 1. The monoisotopic (exact) mass is 296 g/mol. The molecule has 2 saturated heterocycles. The van der Waals surface area contributed by atoms with Gasteiger partial charge in [-0.3, -0.25) is 9.69 Å². The molecule has 2 fully saturated rings. The number of tetrazole rings is 1. The predicted molar refractivity (Wildman–Crippen MR) is 76.3 cm³/mol. The second kappa shape index (κ2) is 6.53. The van der Waals surface area contributed by atoms with Crippen molar-refractivity contribution in [2.24, 2.45) is 0 Å². The largest absolute Gasteiger partial charge is 0.340 e. The number of hydrogen-bond acceptors (Lipinski definition) is 6. The molecule has 0 radical (unpaired) electrons. The number of rotatable bonds is 3. The highest BCUT2D eigenvalue weighted by atomic mass is 32.2. The third-order valence-corrected chi connectivity index (χ3v) is 5.14. The lowest BCUT2D eigenvalue weighted by atomic mass is 10.2. The van der Waals surface area contributed by atoms with Gasteiger partial charge in [0.2, 0.25) is 5.91 Å². The lowest BCUT2D eigenvalue weighted by Gasteiger charge is -2.26. The molecular formula is C12H20N6OS. The molecule has 2 aliphatic heterocycles. The molecule has 1 unspecified atom stereocenters. The van der Waals surface area contributed by atoms with Crippen molar-refractivity contribution in [3.8, 4) is 0 Å². The number of amides is 1. The van der Waals surface area contributed by atoms with Crippen molar-refractivity contribution in [3.63, 3.8) is 0 Å². The molecule has 0 saturated carbocycles. The fourth-order valence-corrected chi connectivity index (χ4v) is 4.11. The van der Waals surface area contributed by atoms with Crippen molar-refractivity contribution in [1.82, 2.24) is 30.0 Å². The van der Waals surface area contributed by atoms with Gasteiger partial charge >= 0.3 is 0 Å². The van der Waals surface area contributed by atoms with Gasteiger partial charge in [-0.2, -0.15) is 11.8 Å². The summed E-state index contributed by atoms with van der Waals surface area (Å²) in [4.78, 5) is 16.7. The Morgan fingerprint density at radius 1 is 1.30 bits per heavy atom. The van der Waals surface area contributed by atoms with Crippen LogP contribution in [0.5, 0.6) is 0 Å². The first-order valence-electron chi connectivity index (χ1n) is 7.13. The van der Waals surface area contributed by atoms with Crippen LogP contribution in [-0.4, -0.2) is 79.6 Å². The summed E-state index contributed by atoms with van der Waals surface area (Å²) in [5.74, 6) is 2.64. The highest BCUT2D eigenvalue weighted by Gasteiger charge is 2.26. The molecule has 110 valence electrons. The Morgan fingerprint density at radius 2 is 2.25 bits per heavy atom. The van der Waals surface area contributed by atoms with Gasteiger partial charge in [0.05, 0.1) is 0 Å². The summed E-state index contributed by atoms with van der Waals surface area (Å²) in [7, 11) is 0. The minimum atomic E-state index is 0.111. The van der Waals surface area contributed by atoms with Crippen molar-refractivity contribution < 1.29 is 4.79 Å². The maximum atomic E-state index is 12.2. The van der Waals surface area contributed by atoms with Crippen molar-refractivity contribution in [3.05, 3.63) is 6.33 Å². The summed E-state index contributed by atoms with van der Waals surface area (Å²) in [6.45, 7) is 4.01. The van der Waals surface area contributed by atoms with Crippen LogP contribution < -0.4 is 0 Å². The van der Waals surface area contributed by atoms with E-state index in [4.69, 9.17) is 0 Å². The summed E-state index contributed by atoms with van der Waals surface area (Å²) in [6.07, 6.45) is 3.84. The molecule has 3 rings (SSSR count). The van der Waals surface area contributed by atoms with Crippen molar-refractivity contribution >= 4 is 17.7 Å². The van der Waals surface area contributed by atoms with E-state index in [0.717, 1.165) is 38.6 Å². The lowest BCUT2D eigenvalue weighted by molar-refractivity contribution is -0.131. The van der Waals surface area contributed by atoms with Crippen LogP contribution >= 0.6 is 11.8 Å². The van der Waals surface area contributed by atoms with E-state index >= 15 is 0 Å². The van der Waals surface area contributed by atoms with Gasteiger partial charge in [-0.25, -0.2) is 4.68 Å². The van der Waals surface area contributed by atoms with Crippen LogP contribution in [0.2, 0.25) is 0 Å². The Hall–Kier alpha value is -1.15. The lowest BCUT2D eigenvalue weighted by Crippen LogP contribution is -2.40. The molecule has 0 N–H and O–H groups in total. The third kappa shape index (κ3) is 3.29. The van der Waals surface area contributed by atoms with Gasteiger partial charge in [0.15, 0.2) is 0 Å². The smallest absolute Gasteiger partial charge is 0.244 e. The Morgan fingerprint density at radius 3 is 3.00 bits per heavy atom. The second-order valence-corrected chi connectivity index (χ2v) is 6.44.